The number of primary sulfonamides is 1. The molecular weight excluding hydrogens is 304 g/mol. The lowest BCUT2D eigenvalue weighted by atomic mass is 10.1. The number of nitrogens with one attached hydrogen (secondary N) is 1. The summed E-state index contributed by atoms with van der Waals surface area (Å²) < 4.78 is 22.9. The van der Waals surface area contributed by atoms with Gasteiger partial charge in [0.15, 0.2) is 0 Å². The first kappa shape index (κ1) is 16.8. The topological polar surface area (TPSA) is 72.2 Å². The van der Waals surface area contributed by atoms with Crippen LogP contribution in [0.25, 0.3) is 0 Å². The van der Waals surface area contributed by atoms with Crippen LogP contribution in [-0.4, -0.2) is 25.5 Å². The van der Waals surface area contributed by atoms with Crippen molar-refractivity contribution in [3.05, 3.63) is 29.8 Å². The van der Waals surface area contributed by atoms with E-state index >= 15 is 0 Å². The quantitative estimate of drug-likeness (QED) is 0.842. The van der Waals surface area contributed by atoms with Crippen molar-refractivity contribution < 1.29 is 8.42 Å². The summed E-state index contributed by atoms with van der Waals surface area (Å²) in [5.74, 6) is 1.14. The monoisotopic (exact) mass is 328 g/mol. The van der Waals surface area contributed by atoms with Gasteiger partial charge >= 0.3 is 0 Å². The van der Waals surface area contributed by atoms with Crippen molar-refractivity contribution in [1.82, 2.24) is 5.32 Å². The first-order chi connectivity index (χ1) is 9.91. The molecule has 1 saturated carbocycles. The standard InChI is InChI=1S/C15H24N2O2S2/c1-3-20-15-9-5-8-14(15)17-11(2)12-6-4-7-13(10-12)21(16,18)19/h4,6-7,10-11,14-15,17H,3,5,8-9H2,1-2H3,(H2,16,18,19). The van der Waals surface area contributed by atoms with Crippen LogP contribution in [0.2, 0.25) is 0 Å². The van der Waals surface area contributed by atoms with E-state index in [9.17, 15) is 8.42 Å². The van der Waals surface area contributed by atoms with Gasteiger partial charge in [-0.05, 0) is 43.2 Å². The molecule has 3 unspecified atom stereocenters. The molecule has 0 saturated heterocycles. The lowest BCUT2D eigenvalue weighted by Crippen LogP contribution is -2.36. The number of benzene rings is 1. The van der Waals surface area contributed by atoms with Crippen molar-refractivity contribution in [2.75, 3.05) is 5.75 Å². The Morgan fingerprint density at radius 3 is 2.86 bits per heavy atom. The normalized spacial score (nSPS) is 24.1. The summed E-state index contributed by atoms with van der Waals surface area (Å²) in [5, 5.41) is 9.52. The molecule has 21 heavy (non-hydrogen) atoms. The average Bonchev–Trinajstić information content (AvgIpc) is 2.86. The SMILES string of the molecule is CCSC1CCCC1NC(C)c1cccc(S(N)(=O)=O)c1. The van der Waals surface area contributed by atoms with Crippen LogP contribution in [0.3, 0.4) is 0 Å². The Balaban J connectivity index is 2.08. The molecule has 6 heteroatoms. The van der Waals surface area contributed by atoms with E-state index in [1.54, 1.807) is 12.1 Å². The number of rotatable bonds is 6. The van der Waals surface area contributed by atoms with Crippen molar-refractivity contribution in [3.63, 3.8) is 0 Å². The maximum atomic E-state index is 11.4. The van der Waals surface area contributed by atoms with E-state index in [2.05, 4.69) is 19.2 Å². The third-order valence-corrected chi connectivity index (χ3v) is 6.22. The van der Waals surface area contributed by atoms with Gasteiger partial charge in [0.1, 0.15) is 0 Å². The highest BCUT2D eigenvalue weighted by Gasteiger charge is 2.28. The van der Waals surface area contributed by atoms with Crippen molar-refractivity contribution in [3.8, 4) is 0 Å². The molecule has 1 fully saturated rings. The Morgan fingerprint density at radius 2 is 2.19 bits per heavy atom. The van der Waals surface area contributed by atoms with Gasteiger partial charge in [-0.25, -0.2) is 13.6 Å². The van der Waals surface area contributed by atoms with Crippen LogP contribution in [0.1, 0.15) is 44.7 Å². The smallest absolute Gasteiger partial charge is 0.238 e. The van der Waals surface area contributed by atoms with Crippen LogP contribution in [0.4, 0.5) is 0 Å². The summed E-state index contributed by atoms with van der Waals surface area (Å²) in [5.41, 5.74) is 0.966. The van der Waals surface area contributed by atoms with Gasteiger partial charge in [-0.15, -0.1) is 0 Å². The van der Waals surface area contributed by atoms with Crippen LogP contribution in [-0.2, 0) is 10.0 Å². The van der Waals surface area contributed by atoms with Crippen LogP contribution < -0.4 is 10.5 Å². The molecule has 1 aromatic carbocycles. The largest absolute Gasteiger partial charge is 0.306 e. The second-order valence-electron chi connectivity index (χ2n) is 5.54. The van der Waals surface area contributed by atoms with Gasteiger partial charge in [-0.1, -0.05) is 25.5 Å². The lowest BCUT2D eigenvalue weighted by molar-refractivity contribution is 0.467. The predicted octanol–water partition coefficient (Wildman–Crippen LogP) is 2.66. The maximum absolute atomic E-state index is 11.4. The highest BCUT2D eigenvalue weighted by molar-refractivity contribution is 7.99. The van der Waals surface area contributed by atoms with E-state index in [1.165, 1.54) is 25.3 Å². The Labute approximate surface area is 131 Å². The van der Waals surface area contributed by atoms with Gasteiger partial charge in [0.25, 0.3) is 0 Å². The van der Waals surface area contributed by atoms with Crippen molar-refractivity contribution >= 4 is 21.8 Å². The lowest BCUT2D eigenvalue weighted by Gasteiger charge is -2.25. The molecule has 0 aromatic heterocycles. The van der Waals surface area contributed by atoms with Crippen molar-refractivity contribution in [1.29, 1.82) is 0 Å². The van der Waals surface area contributed by atoms with Crippen LogP contribution in [0.5, 0.6) is 0 Å². The summed E-state index contributed by atoms with van der Waals surface area (Å²) in [7, 11) is -3.64. The molecule has 0 spiro atoms. The van der Waals surface area contributed by atoms with Gasteiger partial charge in [0, 0.05) is 17.3 Å². The fourth-order valence-electron chi connectivity index (χ4n) is 2.91. The molecule has 1 aliphatic carbocycles. The van der Waals surface area contributed by atoms with E-state index in [1.807, 2.05) is 17.8 Å². The fourth-order valence-corrected chi connectivity index (χ4v) is 4.69. The molecular formula is C15H24N2O2S2. The molecule has 1 aromatic rings. The minimum atomic E-state index is -3.64. The number of nitrogens with two attached hydrogens (primary N) is 1. The van der Waals surface area contributed by atoms with Gasteiger partial charge in [-0.2, -0.15) is 11.8 Å². The molecule has 4 nitrogen and oxygen atoms in total. The molecule has 1 aliphatic rings. The molecule has 0 bridgehead atoms. The second-order valence-corrected chi connectivity index (χ2v) is 8.61. The molecule has 2 rings (SSSR count). The van der Waals surface area contributed by atoms with Crippen LogP contribution in [0, 0.1) is 0 Å². The molecule has 0 amide bonds. The Kier molecular flexibility index (Phi) is 5.71. The summed E-state index contributed by atoms with van der Waals surface area (Å²) in [6.45, 7) is 4.27. The zero-order chi connectivity index (χ0) is 15.5. The van der Waals surface area contributed by atoms with Crippen molar-refractivity contribution in [2.24, 2.45) is 5.14 Å². The summed E-state index contributed by atoms with van der Waals surface area (Å²) in [4.78, 5) is 0.180. The Hall–Kier alpha value is -0.560. The fraction of sp³-hybridized carbons (Fsp3) is 0.600. The third-order valence-electron chi connectivity index (χ3n) is 3.98. The van der Waals surface area contributed by atoms with Gasteiger partial charge in [0.05, 0.1) is 4.90 Å². The molecule has 3 atom stereocenters. The molecule has 0 heterocycles. The Morgan fingerprint density at radius 1 is 1.43 bits per heavy atom. The summed E-state index contributed by atoms with van der Waals surface area (Å²) in [6.07, 6.45) is 3.72. The van der Waals surface area contributed by atoms with E-state index in [0.717, 1.165) is 11.3 Å². The third kappa shape index (κ3) is 4.45. The highest BCUT2D eigenvalue weighted by Crippen LogP contribution is 2.31. The van der Waals surface area contributed by atoms with Gasteiger partial charge in [0.2, 0.25) is 10.0 Å². The highest BCUT2D eigenvalue weighted by atomic mass is 32.2. The number of thioether (sulfide) groups is 1. The second kappa shape index (κ2) is 7.13. The average molecular weight is 329 g/mol. The zero-order valence-corrected chi connectivity index (χ0v) is 14.2. The minimum absolute atomic E-state index is 0.120. The Bertz CT molecular complexity index is 575. The first-order valence-electron chi connectivity index (χ1n) is 7.42. The van der Waals surface area contributed by atoms with E-state index in [4.69, 9.17) is 5.14 Å². The number of sulfonamides is 1. The van der Waals surface area contributed by atoms with Gasteiger partial charge < -0.3 is 5.32 Å². The maximum Gasteiger partial charge on any atom is 0.238 e. The first-order valence-corrected chi connectivity index (χ1v) is 10.0. The molecule has 3 N–H and O–H groups in total. The van der Waals surface area contributed by atoms with Crippen LogP contribution >= 0.6 is 11.8 Å². The van der Waals surface area contributed by atoms with Crippen molar-refractivity contribution in [2.45, 2.75) is 55.3 Å². The zero-order valence-electron chi connectivity index (χ0n) is 12.6. The number of hydrogen-bond donors (Lipinski definition) is 2. The van der Waals surface area contributed by atoms with Crippen LogP contribution in [0.15, 0.2) is 29.2 Å². The molecule has 0 aliphatic heterocycles. The number of hydrogen-bond acceptors (Lipinski definition) is 4. The summed E-state index contributed by atoms with van der Waals surface area (Å²) in [6, 6.07) is 7.53. The van der Waals surface area contributed by atoms with E-state index in [0.29, 0.717) is 11.3 Å². The summed E-state index contributed by atoms with van der Waals surface area (Å²) >= 11 is 2.01. The van der Waals surface area contributed by atoms with E-state index in [-0.39, 0.29) is 10.9 Å². The minimum Gasteiger partial charge on any atom is -0.306 e. The predicted molar refractivity (Wildman–Crippen MR) is 88.9 cm³/mol. The van der Waals surface area contributed by atoms with E-state index < -0.39 is 10.0 Å². The molecule has 118 valence electrons. The van der Waals surface area contributed by atoms with Gasteiger partial charge in [-0.3, -0.25) is 0 Å². The molecule has 0 radical (unpaired) electrons.